The standard InChI is InChI=1S/C22H23F3N2O4S/c1-14-11-16(7-8-18(14)15(2)28)30-13-17-12-27(9-10-29-17)21(32)26-19-5-3-4-6-20(19)31-22(23,24)25/h3-8,11,17H,9-10,12-13H2,1-2H3,(H,26,32). The Bertz CT molecular complexity index is 984. The molecule has 1 unspecified atom stereocenters. The molecule has 0 radical (unpaired) electrons. The van der Waals surface area contributed by atoms with Gasteiger partial charge in [0, 0.05) is 18.7 Å². The number of carbonyl (C=O) groups is 1. The number of alkyl halides is 3. The molecule has 2 aromatic carbocycles. The number of carbonyl (C=O) groups excluding carboxylic acids is 1. The van der Waals surface area contributed by atoms with Gasteiger partial charge in [0.15, 0.2) is 16.6 Å². The number of nitrogens with one attached hydrogen (secondary N) is 1. The molecule has 6 nitrogen and oxygen atoms in total. The molecule has 0 spiro atoms. The van der Waals surface area contributed by atoms with E-state index in [-0.39, 0.29) is 35.0 Å². The Kier molecular flexibility index (Phi) is 7.57. The second-order valence-corrected chi connectivity index (χ2v) is 7.64. The number of para-hydroxylation sites is 2. The Balaban J connectivity index is 1.57. The molecule has 10 heteroatoms. The minimum absolute atomic E-state index is 0.0106. The van der Waals surface area contributed by atoms with E-state index < -0.39 is 6.36 Å². The zero-order chi connectivity index (χ0) is 23.3. The highest BCUT2D eigenvalue weighted by Crippen LogP contribution is 2.30. The molecule has 1 heterocycles. The summed E-state index contributed by atoms with van der Waals surface area (Å²) in [5, 5.41) is 3.09. The summed E-state index contributed by atoms with van der Waals surface area (Å²) in [6.07, 6.45) is -5.10. The topological polar surface area (TPSA) is 60.0 Å². The Hall–Kier alpha value is -2.85. The molecule has 1 atom stereocenters. The van der Waals surface area contributed by atoms with Crippen molar-refractivity contribution in [1.82, 2.24) is 4.90 Å². The molecule has 32 heavy (non-hydrogen) atoms. The van der Waals surface area contributed by atoms with Crippen molar-refractivity contribution in [3.8, 4) is 11.5 Å². The molecule has 0 aromatic heterocycles. The van der Waals surface area contributed by atoms with Crippen molar-refractivity contribution in [2.75, 3.05) is 31.6 Å². The number of thiocarbonyl (C=S) groups is 1. The van der Waals surface area contributed by atoms with E-state index >= 15 is 0 Å². The van der Waals surface area contributed by atoms with Gasteiger partial charge in [0.2, 0.25) is 0 Å². The molecular formula is C22H23F3N2O4S. The number of hydrogen-bond acceptors (Lipinski definition) is 5. The Morgan fingerprint density at radius 1 is 1.28 bits per heavy atom. The van der Waals surface area contributed by atoms with Crippen molar-refractivity contribution in [2.24, 2.45) is 0 Å². The number of benzene rings is 2. The van der Waals surface area contributed by atoms with Gasteiger partial charge < -0.3 is 24.4 Å². The summed E-state index contributed by atoms with van der Waals surface area (Å²) in [5.41, 5.74) is 1.59. The van der Waals surface area contributed by atoms with Crippen molar-refractivity contribution in [3.63, 3.8) is 0 Å². The third kappa shape index (κ3) is 6.57. The van der Waals surface area contributed by atoms with E-state index in [1.807, 2.05) is 6.92 Å². The molecule has 0 bridgehead atoms. The van der Waals surface area contributed by atoms with Crippen molar-refractivity contribution < 1.29 is 32.2 Å². The van der Waals surface area contributed by atoms with E-state index in [1.165, 1.54) is 25.1 Å². The fraction of sp³-hybridized carbons (Fsp3) is 0.364. The summed E-state index contributed by atoms with van der Waals surface area (Å²) < 4.78 is 53.5. The van der Waals surface area contributed by atoms with Gasteiger partial charge in [0.05, 0.1) is 12.3 Å². The van der Waals surface area contributed by atoms with Gasteiger partial charge >= 0.3 is 6.36 Å². The lowest BCUT2D eigenvalue weighted by Crippen LogP contribution is -2.49. The molecule has 1 fully saturated rings. The largest absolute Gasteiger partial charge is 0.573 e. The number of hydrogen-bond donors (Lipinski definition) is 1. The smallest absolute Gasteiger partial charge is 0.491 e. The van der Waals surface area contributed by atoms with E-state index in [9.17, 15) is 18.0 Å². The monoisotopic (exact) mass is 468 g/mol. The molecule has 0 amide bonds. The van der Waals surface area contributed by atoms with Gasteiger partial charge in [-0.1, -0.05) is 12.1 Å². The Labute approximate surface area is 189 Å². The maximum atomic E-state index is 12.6. The van der Waals surface area contributed by atoms with Crippen LogP contribution in [-0.2, 0) is 4.74 Å². The average Bonchev–Trinajstić information content (AvgIpc) is 2.72. The van der Waals surface area contributed by atoms with Crippen LogP contribution in [0.5, 0.6) is 11.5 Å². The highest BCUT2D eigenvalue weighted by molar-refractivity contribution is 7.80. The molecule has 172 valence electrons. The second-order valence-electron chi connectivity index (χ2n) is 7.26. The number of aryl methyl sites for hydroxylation is 1. The van der Waals surface area contributed by atoms with Crippen LogP contribution in [0.1, 0.15) is 22.8 Å². The molecule has 1 saturated heterocycles. The van der Waals surface area contributed by atoms with E-state index in [4.69, 9.17) is 21.7 Å². The van der Waals surface area contributed by atoms with Crippen LogP contribution in [0, 0.1) is 6.92 Å². The van der Waals surface area contributed by atoms with Gasteiger partial charge in [-0.2, -0.15) is 0 Å². The van der Waals surface area contributed by atoms with Crippen LogP contribution in [0.4, 0.5) is 18.9 Å². The molecule has 2 aromatic rings. The number of anilines is 1. The SMILES string of the molecule is CC(=O)c1ccc(OCC2CN(C(=S)Nc3ccccc3OC(F)(F)F)CCO2)cc1C. The minimum Gasteiger partial charge on any atom is -0.491 e. The quantitative estimate of drug-likeness (QED) is 0.492. The van der Waals surface area contributed by atoms with Gasteiger partial charge in [-0.05, 0) is 62.0 Å². The third-order valence-corrected chi connectivity index (χ3v) is 5.15. The first kappa shape index (κ1) is 23.8. The van der Waals surface area contributed by atoms with Crippen LogP contribution in [0.2, 0.25) is 0 Å². The fourth-order valence-corrected chi connectivity index (χ4v) is 3.57. The van der Waals surface area contributed by atoms with Crippen LogP contribution in [0.15, 0.2) is 42.5 Å². The number of ether oxygens (including phenoxy) is 3. The number of morpholine rings is 1. The lowest BCUT2D eigenvalue weighted by molar-refractivity contribution is -0.274. The molecule has 0 aliphatic carbocycles. The molecule has 1 aliphatic rings. The van der Waals surface area contributed by atoms with Gasteiger partial charge in [-0.15, -0.1) is 13.2 Å². The summed E-state index contributed by atoms with van der Waals surface area (Å²) >= 11 is 5.39. The number of halogens is 3. The maximum absolute atomic E-state index is 12.6. The van der Waals surface area contributed by atoms with Gasteiger partial charge in [0.25, 0.3) is 0 Å². The Morgan fingerprint density at radius 3 is 2.72 bits per heavy atom. The predicted molar refractivity (Wildman–Crippen MR) is 117 cm³/mol. The zero-order valence-electron chi connectivity index (χ0n) is 17.6. The molecule has 1 N–H and O–H groups in total. The van der Waals surface area contributed by atoms with Crippen LogP contribution in [0.25, 0.3) is 0 Å². The zero-order valence-corrected chi connectivity index (χ0v) is 18.4. The normalized spacial score (nSPS) is 16.4. The summed E-state index contributed by atoms with van der Waals surface area (Å²) in [7, 11) is 0. The third-order valence-electron chi connectivity index (χ3n) is 4.79. The molecular weight excluding hydrogens is 445 g/mol. The highest BCUT2D eigenvalue weighted by atomic mass is 32.1. The van der Waals surface area contributed by atoms with Crippen molar-refractivity contribution in [3.05, 3.63) is 53.6 Å². The number of nitrogens with zero attached hydrogens (tertiary/aromatic N) is 1. The van der Waals surface area contributed by atoms with Gasteiger partial charge in [-0.3, -0.25) is 4.79 Å². The van der Waals surface area contributed by atoms with Gasteiger partial charge in [-0.25, -0.2) is 0 Å². The summed E-state index contributed by atoms with van der Waals surface area (Å²) in [6, 6.07) is 11.0. The lowest BCUT2D eigenvalue weighted by atomic mass is 10.1. The number of ketones is 1. The van der Waals surface area contributed by atoms with Crippen LogP contribution >= 0.6 is 12.2 Å². The molecule has 0 saturated carbocycles. The molecule has 1 aliphatic heterocycles. The van der Waals surface area contributed by atoms with Crippen molar-refractivity contribution in [2.45, 2.75) is 26.3 Å². The first-order valence-electron chi connectivity index (χ1n) is 9.89. The minimum atomic E-state index is -4.80. The van der Waals surface area contributed by atoms with Crippen LogP contribution in [0.3, 0.4) is 0 Å². The first-order valence-corrected chi connectivity index (χ1v) is 10.3. The maximum Gasteiger partial charge on any atom is 0.573 e. The van der Waals surface area contributed by atoms with E-state index in [2.05, 4.69) is 10.1 Å². The summed E-state index contributed by atoms with van der Waals surface area (Å²) in [6.45, 7) is 4.88. The average molecular weight is 468 g/mol. The highest BCUT2D eigenvalue weighted by Gasteiger charge is 2.32. The first-order chi connectivity index (χ1) is 15.1. The lowest BCUT2D eigenvalue weighted by Gasteiger charge is -2.34. The Morgan fingerprint density at radius 2 is 2.03 bits per heavy atom. The fourth-order valence-electron chi connectivity index (χ4n) is 3.29. The van der Waals surface area contributed by atoms with E-state index in [1.54, 1.807) is 29.2 Å². The van der Waals surface area contributed by atoms with Crippen LogP contribution < -0.4 is 14.8 Å². The number of rotatable bonds is 6. The predicted octanol–water partition coefficient (Wildman–Crippen LogP) is 4.57. The van der Waals surface area contributed by atoms with Crippen LogP contribution in [-0.4, -0.2) is 54.6 Å². The summed E-state index contributed by atoms with van der Waals surface area (Å²) in [4.78, 5) is 13.4. The molecule has 3 rings (SSSR count). The number of Topliss-reactive ketones (excluding diaryl/α,β-unsaturated/α-hetero) is 1. The summed E-state index contributed by atoms with van der Waals surface area (Å²) in [5.74, 6) is 0.246. The van der Waals surface area contributed by atoms with Crippen molar-refractivity contribution >= 4 is 28.8 Å². The van der Waals surface area contributed by atoms with E-state index in [0.717, 1.165) is 5.56 Å². The van der Waals surface area contributed by atoms with Gasteiger partial charge in [0.1, 0.15) is 18.5 Å². The van der Waals surface area contributed by atoms with Crippen molar-refractivity contribution in [1.29, 1.82) is 0 Å². The van der Waals surface area contributed by atoms with E-state index in [0.29, 0.717) is 31.0 Å². The second kappa shape index (κ2) is 10.2.